The van der Waals surface area contributed by atoms with Crippen molar-refractivity contribution in [2.75, 3.05) is 36.4 Å². The molecule has 5 heterocycles. The van der Waals surface area contributed by atoms with Crippen LogP contribution in [-0.4, -0.2) is 56.0 Å². The number of carbonyl (C=O) groups excluding carboxylic acids is 1. The zero-order valence-electron chi connectivity index (χ0n) is 20.2. The van der Waals surface area contributed by atoms with E-state index in [-0.39, 0.29) is 33.9 Å². The maximum atomic E-state index is 13.3. The van der Waals surface area contributed by atoms with Crippen molar-refractivity contribution < 1.29 is 17.9 Å². The SMILES string of the molecule is COc1ncc2cc1NS(=O)(=O)c1cccc(c1)C(=O)NCC1CCN(C1)c1ncnc3c(C)c-2sc13. The number of hydrogen-bond acceptors (Lipinski definition) is 9. The molecule has 1 unspecified atom stereocenters. The Hall–Kier alpha value is -3.77. The van der Waals surface area contributed by atoms with E-state index in [0.717, 1.165) is 51.5 Å². The van der Waals surface area contributed by atoms with Crippen LogP contribution in [0.2, 0.25) is 0 Å². The van der Waals surface area contributed by atoms with E-state index >= 15 is 0 Å². The van der Waals surface area contributed by atoms with Gasteiger partial charge in [0, 0.05) is 41.8 Å². The van der Waals surface area contributed by atoms with Gasteiger partial charge in [0.1, 0.15) is 17.8 Å². The van der Waals surface area contributed by atoms with Crippen molar-refractivity contribution in [2.45, 2.75) is 18.2 Å². The van der Waals surface area contributed by atoms with Crippen LogP contribution in [0.1, 0.15) is 22.3 Å². The van der Waals surface area contributed by atoms with Gasteiger partial charge in [0.2, 0.25) is 5.88 Å². The van der Waals surface area contributed by atoms with Crippen LogP contribution in [0.5, 0.6) is 5.88 Å². The number of amides is 1. The van der Waals surface area contributed by atoms with Gasteiger partial charge in [-0.2, -0.15) is 0 Å². The lowest BCUT2D eigenvalue weighted by atomic mass is 10.1. The van der Waals surface area contributed by atoms with Gasteiger partial charge < -0.3 is 15.0 Å². The van der Waals surface area contributed by atoms with Crippen LogP contribution in [0, 0.1) is 12.8 Å². The maximum absolute atomic E-state index is 13.3. The van der Waals surface area contributed by atoms with Gasteiger partial charge in [-0.1, -0.05) is 6.07 Å². The van der Waals surface area contributed by atoms with E-state index in [2.05, 4.69) is 29.9 Å². The van der Waals surface area contributed by atoms with E-state index in [1.807, 2.05) is 6.92 Å². The number of benzene rings is 1. The number of hydrogen-bond donors (Lipinski definition) is 2. The van der Waals surface area contributed by atoms with Gasteiger partial charge >= 0.3 is 0 Å². The van der Waals surface area contributed by atoms with E-state index < -0.39 is 10.0 Å². The molecule has 3 aromatic heterocycles. The molecule has 190 valence electrons. The first kappa shape index (κ1) is 23.6. The smallest absolute Gasteiger partial charge is 0.262 e. The van der Waals surface area contributed by atoms with Gasteiger partial charge in [0.05, 0.1) is 22.2 Å². The molecule has 1 saturated heterocycles. The number of methoxy groups -OCH3 is 1. The summed E-state index contributed by atoms with van der Waals surface area (Å²) >= 11 is 1.56. The summed E-state index contributed by atoms with van der Waals surface area (Å²) in [5, 5.41) is 2.97. The molecule has 6 rings (SSSR count). The summed E-state index contributed by atoms with van der Waals surface area (Å²) in [5.74, 6) is 0.934. The fraction of sp³-hybridized carbons (Fsp3) is 0.280. The molecule has 1 fully saturated rings. The topological polar surface area (TPSA) is 126 Å². The number of rotatable bonds is 1. The number of pyridine rings is 1. The van der Waals surface area contributed by atoms with Gasteiger partial charge in [-0.3, -0.25) is 9.52 Å². The first-order chi connectivity index (χ1) is 17.8. The Morgan fingerprint density at radius 2 is 2.03 bits per heavy atom. The van der Waals surface area contributed by atoms with Crippen molar-refractivity contribution >= 4 is 49.0 Å². The minimum atomic E-state index is -4.04. The number of thiophene rings is 1. The third kappa shape index (κ3) is 4.15. The molecule has 10 nitrogen and oxygen atoms in total. The molecular weight excluding hydrogens is 512 g/mol. The van der Waals surface area contributed by atoms with Crippen molar-refractivity contribution in [3.63, 3.8) is 0 Å². The number of ether oxygens (including phenoxy) is 1. The Balaban J connectivity index is 1.54. The second-order valence-electron chi connectivity index (χ2n) is 9.16. The van der Waals surface area contributed by atoms with Crippen molar-refractivity contribution in [3.05, 3.63) is 54.0 Å². The molecule has 1 atom stereocenters. The normalized spacial score (nSPS) is 18.7. The lowest BCUT2D eigenvalue weighted by molar-refractivity contribution is 0.0948. The summed E-state index contributed by atoms with van der Waals surface area (Å²) in [7, 11) is -2.61. The maximum Gasteiger partial charge on any atom is 0.262 e. The predicted octanol–water partition coefficient (Wildman–Crippen LogP) is 3.44. The Morgan fingerprint density at radius 3 is 2.86 bits per heavy atom. The summed E-state index contributed by atoms with van der Waals surface area (Å²) < 4.78 is 35.6. The molecule has 0 saturated carbocycles. The Bertz CT molecular complexity index is 1650. The van der Waals surface area contributed by atoms with Crippen LogP contribution in [-0.2, 0) is 10.0 Å². The molecule has 1 aromatic carbocycles. The number of fused-ring (bicyclic) bond motifs is 9. The highest BCUT2D eigenvalue weighted by Crippen LogP contribution is 2.42. The third-order valence-electron chi connectivity index (χ3n) is 6.78. The standard InChI is InChI=1S/C25H24N6O4S2/c1-14-20-22-23(29-13-28-20)31-7-6-15(12-31)10-26-24(32)16-4-3-5-18(8-16)37(33,34)30-19-9-17(21(14)36-22)11-27-25(19)35-2/h3-5,8-9,11,13,15,30H,6-7,10,12H2,1-2H3,(H,26,32). The second-order valence-corrected chi connectivity index (χ2v) is 11.9. The lowest BCUT2D eigenvalue weighted by Crippen LogP contribution is -2.31. The van der Waals surface area contributed by atoms with Crippen LogP contribution in [0.25, 0.3) is 20.7 Å². The Kier molecular flexibility index (Phi) is 5.72. The van der Waals surface area contributed by atoms with Gasteiger partial charge in [0.25, 0.3) is 15.9 Å². The Labute approximate surface area is 217 Å². The minimum absolute atomic E-state index is 0.0290. The summed E-state index contributed by atoms with van der Waals surface area (Å²) in [6.07, 6.45) is 4.15. The second kappa shape index (κ2) is 8.96. The van der Waals surface area contributed by atoms with Crippen LogP contribution in [0.4, 0.5) is 11.5 Å². The fourth-order valence-electron chi connectivity index (χ4n) is 4.86. The minimum Gasteiger partial charge on any atom is -0.480 e. The molecule has 2 aliphatic heterocycles. The highest BCUT2D eigenvalue weighted by atomic mass is 32.2. The highest BCUT2D eigenvalue weighted by molar-refractivity contribution is 7.92. The van der Waals surface area contributed by atoms with Crippen LogP contribution in [0.15, 0.2) is 47.8 Å². The van der Waals surface area contributed by atoms with Crippen molar-refractivity contribution in [3.8, 4) is 16.3 Å². The Morgan fingerprint density at radius 1 is 1.16 bits per heavy atom. The molecule has 1 amide bonds. The van der Waals surface area contributed by atoms with Crippen molar-refractivity contribution in [1.29, 1.82) is 0 Å². The number of anilines is 2. The van der Waals surface area contributed by atoms with Crippen LogP contribution < -0.4 is 19.7 Å². The summed E-state index contributed by atoms with van der Waals surface area (Å²) in [6.45, 7) is 4.06. The fourth-order valence-corrected chi connectivity index (χ4v) is 7.22. The summed E-state index contributed by atoms with van der Waals surface area (Å²) in [5.41, 5.74) is 3.03. The molecular formula is C25H24N6O4S2. The number of aryl methyl sites for hydroxylation is 1. The van der Waals surface area contributed by atoms with Crippen molar-refractivity contribution in [2.24, 2.45) is 5.92 Å². The third-order valence-corrected chi connectivity index (χ3v) is 9.47. The number of sulfonamides is 1. The van der Waals surface area contributed by atoms with Gasteiger partial charge in [-0.05, 0) is 49.1 Å². The number of nitrogens with one attached hydrogen (secondary N) is 2. The molecule has 4 aromatic rings. The predicted molar refractivity (Wildman–Crippen MR) is 142 cm³/mol. The van der Waals surface area contributed by atoms with E-state index in [9.17, 15) is 13.2 Å². The summed E-state index contributed by atoms with van der Waals surface area (Å²) in [4.78, 5) is 29.6. The van der Waals surface area contributed by atoms with E-state index in [0.29, 0.717) is 6.54 Å². The zero-order chi connectivity index (χ0) is 25.7. The first-order valence-corrected chi connectivity index (χ1v) is 14.1. The van der Waals surface area contributed by atoms with Crippen LogP contribution in [0.3, 0.4) is 0 Å². The molecule has 8 bridgehead atoms. The highest BCUT2D eigenvalue weighted by Gasteiger charge is 2.28. The zero-order valence-corrected chi connectivity index (χ0v) is 21.8. The molecule has 0 aliphatic carbocycles. The first-order valence-electron chi connectivity index (χ1n) is 11.8. The molecule has 0 spiro atoms. The molecule has 0 radical (unpaired) electrons. The molecule has 37 heavy (non-hydrogen) atoms. The van der Waals surface area contributed by atoms with E-state index in [1.54, 1.807) is 42.1 Å². The molecule has 2 aliphatic rings. The monoisotopic (exact) mass is 536 g/mol. The van der Waals surface area contributed by atoms with E-state index in [1.165, 1.54) is 19.2 Å². The average Bonchev–Trinajstić information content (AvgIpc) is 3.51. The lowest BCUT2D eigenvalue weighted by Gasteiger charge is -2.18. The molecule has 2 N–H and O–H groups in total. The molecule has 12 heteroatoms. The van der Waals surface area contributed by atoms with Gasteiger partial charge in [-0.15, -0.1) is 11.3 Å². The van der Waals surface area contributed by atoms with E-state index in [4.69, 9.17) is 4.74 Å². The van der Waals surface area contributed by atoms with Gasteiger partial charge in [-0.25, -0.2) is 23.4 Å². The number of aromatic nitrogens is 3. The van der Waals surface area contributed by atoms with Crippen molar-refractivity contribution in [1.82, 2.24) is 20.3 Å². The average molecular weight is 537 g/mol. The van der Waals surface area contributed by atoms with Crippen LogP contribution >= 0.6 is 11.3 Å². The largest absolute Gasteiger partial charge is 0.480 e. The van der Waals surface area contributed by atoms with Gasteiger partial charge in [0.15, 0.2) is 0 Å². The number of nitrogens with zero attached hydrogens (tertiary/aromatic N) is 4. The summed E-state index contributed by atoms with van der Waals surface area (Å²) in [6, 6.07) is 7.69. The number of carbonyl (C=O) groups is 1. The quantitative estimate of drug-likeness (QED) is 0.379.